The summed E-state index contributed by atoms with van der Waals surface area (Å²) in [5.74, 6) is 0.0607. The summed E-state index contributed by atoms with van der Waals surface area (Å²) in [6.07, 6.45) is 5.86. The van der Waals surface area contributed by atoms with E-state index in [2.05, 4.69) is 45.4 Å². The highest BCUT2D eigenvalue weighted by Crippen LogP contribution is 2.26. The largest absolute Gasteiger partial charge is 0.372 e. The Morgan fingerprint density at radius 1 is 1.00 bits per heavy atom. The van der Waals surface area contributed by atoms with Gasteiger partial charge in [0.15, 0.2) is 0 Å². The monoisotopic (exact) mass is 535 g/mol. The van der Waals surface area contributed by atoms with Crippen molar-refractivity contribution in [2.75, 3.05) is 29.5 Å². The third-order valence-electron chi connectivity index (χ3n) is 5.20. The van der Waals surface area contributed by atoms with Gasteiger partial charge in [0.05, 0.1) is 12.1 Å². The molecule has 2 aromatic rings. The molecule has 1 aromatic heterocycles. The third kappa shape index (κ3) is 8.62. The fraction of sp³-hybridized carbons (Fsp3) is 0.478. The molecule has 2 amide bonds. The third-order valence-corrected chi connectivity index (χ3v) is 6.71. The predicted molar refractivity (Wildman–Crippen MR) is 142 cm³/mol. The van der Waals surface area contributed by atoms with Crippen molar-refractivity contribution >= 4 is 70.9 Å². The Hall–Kier alpha value is -2.44. The van der Waals surface area contributed by atoms with Crippen LogP contribution in [0.4, 0.5) is 16.5 Å². The van der Waals surface area contributed by atoms with Crippen LogP contribution in [0.5, 0.6) is 0 Å². The Morgan fingerprint density at radius 2 is 1.63 bits per heavy atom. The first-order valence-electron chi connectivity index (χ1n) is 11.5. The number of imide groups is 1. The molecular weight excluding hydrogens is 506 g/mol. The Kier molecular flexibility index (Phi) is 11.0. The van der Waals surface area contributed by atoms with Gasteiger partial charge in [0.1, 0.15) is 0 Å². The van der Waals surface area contributed by atoms with E-state index in [1.54, 1.807) is 0 Å². The normalized spacial score (nSPS) is 13.7. The van der Waals surface area contributed by atoms with Crippen LogP contribution in [-0.2, 0) is 25.6 Å². The van der Waals surface area contributed by atoms with Crippen molar-refractivity contribution in [1.29, 1.82) is 0 Å². The molecule has 1 saturated heterocycles. The van der Waals surface area contributed by atoms with E-state index in [4.69, 9.17) is 4.84 Å². The number of hydrogen-bond acceptors (Lipinski definition) is 11. The average Bonchev–Trinajstić information content (AvgIpc) is 3.43. The number of anilines is 1. The summed E-state index contributed by atoms with van der Waals surface area (Å²) in [4.78, 5) is 47.2. The zero-order chi connectivity index (χ0) is 25.0. The highest BCUT2D eigenvalue weighted by Gasteiger charge is 2.32. The zero-order valence-electron chi connectivity index (χ0n) is 19.3. The molecule has 12 heteroatoms. The molecule has 0 unspecified atom stereocenters. The molecule has 188 valence electrons. The molecule has 1 aliphatic rings. The number of azo groups is 1. The minimum absolute atomic E-state index is 0.0579. The molecule has 0 bridgehead atoms. The lowest BCUT2D eigenvalue weighted by Crippen LogP contribution is -2.32. The number of thiol groups is 2. The molecule has 3 rings (SSSR count). The summed E-state index contributed by atoms with van der Waals surface area (Å²) in [7, 11) is 0. The van der Waals surface area contributed by atoms with Gasteiger partial charge in [-0.1, -0.05) is 11.3 Å². The van der Waals surface area contributed by atoms with Gasteiger partial charge >= 0.3 is 5.97 Å². The first-order chi connectivity index (χ1) is 17.0. The standard InChI is InChI=1S/C23H29N5O4S3/c29-20-9-10-21(30)28(20)32-22(31)15-19-16-24-23(35-19)26-25-17-5-7-18(8-6-17)27(11-1-3-13-33)12-2-4-14-34/h5-8,16,33-34H,1-4,9-15H2. The second-order valence-electron chi connectivity index (χ2n) is 7.90. The number of amides is 2. The minimum atomic E-state index is -0.704. The summed E-state index contributed by atoms with van der Waals surface area (Å²) < 4.78 is 0. The van der Waals surface area contributed by atoms with Gasteiger partial charge < -0.3 is 9.74 Å². The number of nitrogens with zero attached hydrogens (tertiary/aromatic N) is 5. The van der Waals surface area contributed by atoms with E-state index in [0.717, 1.165) is 56.0 Å². The number of rotatable bonds is 14. The fourth-order valence-electron chi connectivity index (χ4n) is 3.39. The first kappa shape index (κ1) is 27.2. The highest BCUT2D eigenvalue weighted by atomic mass is 32.1. The number of carbonyl (C=O) groups is 3. The van der Waals surface area contributed by atoms with E-state index in [0.29, 0.717) is 20.8 Å². The second kappa shape index (κ2) is 14.2. The molecule has 1 fully saturated rings. The topological polar surface area (TPSA) is 105 Å². The van der Waals surface area contributed by atoms with Crippen molar-refractivity contribution in [2.45, 2.75) is 44.9 Å². The maximum absolute atomic E-state index is 12.0. The van der Waals surface area contributed by atoms with Crippen LogP contribution in [-0.4, -0.2) is 52.4 Å². The molecule has 35 heavy (non-hydrogen) atoms. The maximum Gasteiger partial charge on any atom is 0.338 e. The second-order valence-corrected chi connectivity index (χ2v) is 9.88. The van der Waals surface area contributed by atoms with Crippen molar-refractivity contribution < 1.29 is 19.2 Å². The Labute approximate surface area is 219 Å². The van der Waals surface area contributed by atoms with Gasteiger partial charge in [-0.05, 0) is 61.5 Å². The summed E-state index contributed by atoms with van der Waals surface area (Å²) in [5, 5.41) is 9.33. The van der Waals surface area contributed by atoms with E-state index in [1.807, 2.05) is 24.3 Å². The molecule has 0 spiro atoms. The number of hydroxylamine groups is 2. The molecule has 1 aliphatic heterocycles. The minimum Gasteiger partial charge on any atom is -0.372 e. The van der Waals surface area contributed by atoms with Crippen LogP contribution in [0.2, 0.25) is 0 Å². The van der Waals surface area contributed by atoms with E-state index in [9.17, 15) is 14.4 Å². The highest BCUT2D eigenvalue weighted by molar-refractivity contribution is 7.80. The molecule has 0 radical (unpaired) electrons. The fourth-order valence-corrected chi connectivity index (χ4v) is 4.55. The van der Waals surface area contributed by atoms with Crippen molar-refractivity contribution in [3.05, 3.63) is 35.3 Å². The van der Waals surface area contributed by atoms with Gasteiger partial charge in [0.25, 0.3) is 11.8 Å². The van der Waals surface area contributed by atoms with Crippen LogP contribution < -0.4 is 4.90 Å². The van der Waals surface area contributed by atoms with Gasteiger partial charge in [-0.25, -0.2) is 9.78 Å². The number of aromatic nitrogens is 1. The van der Waals surface area contributed by atoms with Crippen LogP contribution >= 0.6 is 36.6 Å². The van der Waals surface area contributed by atoms with Crippen molar-refractivity contribution in [1.82, 2.24) is 10.0 Å². The van der Waals surface area contributed by atoms with Gasteiger partial charge in [-0.3, -0.25) is 9.59 Å². The Bertz CT molecular complexity index is 1000. The molecule has 0 N–H and O–H groups in total. The molecule has 9 nitrogen and oxygen atoms in total. The molecule has 0 atom stereocenters. The van der Waals surface area contributed by atoms with Crippen molar-refractivity contribution in [3.8, 4) is 0 Å². The number of hydrogen-bond donors (Lipinski definition) is 2. The summed E-state index contributed by atoms with van der Waals surface area (Å²) in [6.45, 7) is 1.97. The summed E-state index contributed by atoms with van der Waals surface area (Å²) in [5.41, 5.74) is 1.84. The van der Waals surface area contributed by atoms with Crippen molar-refractivity contribution in [3.63, 3.8) is 0 Å². The molecule has 2 heterocycles. The van der Waals surface area contributed by atoms with Gasteiger partial charge in [-0.15, -0.1) is 15.3 Å². The van der Waals surface area contributed by atoms with Gasteiger partial charge in [0, 0.05) is 42.7 Å². The lowest BCUT2D eigenvalue weighted by Gasteiger charge is -2.25. The van der Waals surface area contributed by atoms with Crippen LogP contribution in [0.25, 0.3) is 0 Å². The quantitative estimate of drug-likeness (QED) is 0.154. The summed E-state index contributed by atoms with van der Waals surface area (Å²) in [6, 6.07) is 7.91. The molecule has 1 aromatic carbocycles. The average molecular weight is 536 g/mol. The van der Waals surface area contributed by atoms with E-state index >= 15 is 0 Å². The zero-order valence-corrected chi connectivity index (χ0v) is 21.9. The number of benzene rings is 1. The van der Waals surface area contributed by atoms with Crippen LogP contribution in [0.3, 0.4) is 0 Å². The van der Waals surface area contributed by atoms with E-state index in [-0.39, 0.29) is 19.3 Å². The summed E-state index contributed by atoms with van der Waals surface area (Å²) >= 11 is 9.80. The van der Waals surface area contributed by atoms with Crippen LogP contribution in [0.1, 0.15) is 43.4 Å². The Balaban J connectivity index is 1.54. The maximum atomic E-state index is 12.0. The number of thiazole rings is 1. The Morgan fingerprint density at radius 3 is 2.23 bits per heavy atom. The molecule has 0 aliphatic carbocycles. The van der Waals surface area contributed by atoms with Gasteiger partial charge in [-0.2, -0.15) is 25.3 Å². The number of carbonyl (C=O) groups excluding carboxylic acids is 3. The lowest BCUT2D eigenvalue weighted by molar-refractivity contribution is -0.196. The lowest BCUT2D eigenvalue weighted by atomic mass is 10.2. The molecular formula is C23H29N5O4S3. The van der Waals surface area contributed by atoms with E-state index in [1.165, 1.54) is 17.5 Å². The SMILES string of the molecule is O=C(Cc1cnc(N=Nc2ccc(N(CCCCS)CCCCS)cc2)s1)ON1C(=O)CCC1=O. The van der Waals surface area contributed by atoms with Gasteiger partial charge in [0.2, 0.25) is 5.13 Å². The smallest absolute Gasteiger partial charge is 0.338 e. The number of unbranched alkanes of at least 4 members (excludes halogenated alkanes) is 2. The van der Waals surface area contributed by atoms with E-state index < -0.39 is 17.8 Å². The molecule has 0 saturated carbocycles. The predicted octanol–water partition coefficient (Wildman–Crippen LogP) is 4.93. The van der Waals surface area contributed by atoms with Crippen molar-refractivity contribution in [2.24, 2.45) is 10.2 Å². The van der Waals surface area contributed by atoms with Crippen LogP contribution in [0, 0.1) is 0 Å². The first-order valence-corrected chi connectivity index (χ1v) is 13.6. The van der Waals surface area contributed by atoms with Crippen LogP contribution in [0.15, 0.2) is 40.7 Å².